The molecule has 0 unspecified atom stereocenters. The molecule has 1 fully saturated rings. The first-order chi connectivity index (χ1) is 9.00. The van der Waals surface area contributed by atoms with Crippen LogP contribution in [0.5, 0.6) is 0 Å². The van der Waals surface area contributed by atoms with Crippen LogP contribution in [0.25, 0.3) is 0 Å². The predicted octanol–water partition coefficient (Wildman–Crippen LogP) is 3.00. The average Bonchev–Trinajstić information content (AvgIpc) is 2.50. The lowest BCUT2D eigenvalue weighted by Crippen LogP contribution is -2.28. The highest BCUT2D eigenvalue weighted by Gasteiger charge is 2.24. The Morgan fingerprint density at radius 1 is 1.42 bits per heavy atom. The summed E-state index contributed by atoms with van der Waals surface area (Å²) in [6.07, 6.45) is 1.14. The van der Waals surface area contributed by atoms with Gasteiger partial charge in [-0.2, -0.15) is 11.8 Å². The summed E-state index contributed by atoms with van der Waals surface area (Å²) in [6.45, 7) is 6.98. The van der Waals surface area contributed by atoms with Crippen LogP contribution in [0.4, 0.5) is 5.82 Å². The van der Waals surface area contributed by atoms with Gasteiger partial charge in [-0.15, -0.1) is 0 Å². The molecule has 0 bridgehead atoms. The summed E-state index contributed by atoms with van der Waals surface area (Å²) in [5, 5.41) is 0.480. The maximum atomic E-state index is 6.06. The number of nitrogens with zero attached hydrogens (tertiary/aromatic N) is 3. The molecule has 2 rings (SSSR count). The minimum absolute atomic E-state index is 0.334. The lowest BCUT2D eigenvalue weighted by molar-refractivity contribution is 0.178. The zero-order valence-electron chi connectivity index (χ0n) is 11.6. The Morgan fingerprint density at radius 2 is 2.21 bits per heavy atom. The summed E-state index contributed by atoms with van der Waals surface area (Å²) >= 11 is 8.08. The number of hydrogen-bond donors (Lipinski definition) is 0. The number of ether oxygens (including phenoxy) is 1. The summed E-state index contributed by atoms with van der Waals surface area (Å²) in [5.74, 6) is 2.65. The van der Waals surface area contributed by atoms with Gasteiger partial charge >= 0.3 is 0 Å². The van der Waals surface area contributed by atoms with Crippen molar-refractivity contribution < 1.29 is 4.74 Å². The van der Waals surface area contributed by atoms with E-state index in [2.05, 4.69) is 28.7 Å². The zero-order chi connectivity index (χ0) is 13.9. The highest BCUT2D eigenvalue weighted by atomic mass is 35.5. The first-order valence-electron chi connectivity index (χ1n) is 6.41. The molecule has 4 nitrogen and oxygen atoms in total. The summed E-state index contributed by atoms with van der Waals surface area (Å²) in [6, 6.07) is 1.84. The average molecular weight is 302 g/mol. The number of thioether (sulfide) groups is 1. The van der Waals surface area contributed by atoms with Gasteiger partial charge in [0.15, 0.2) is 5.82 Å². The molecular weight excluding hydrogens is 282 g/mol. The van der Waals surface area contributed by atoms with Gasteiger partial charge in [0.05, 0.1) is 0 Å². The quantitative estimate of drug-likeness (QED) is 0.803. The van der Waals surface area contributed by atoms with E-state index < -0.39 is 0 Å². The van der Waals surface area contributed by atoms with Gasteiger partial charge in [-0.1, -0.05) is 25.4 Å². The van der Waals surface area contributed by atoms with E-state index in [9.17, 15) is 0 Å². The monoisotopic (exact) mass is 301 g/mol. The van der Waals surface area contributed by atoms with Crippen LogP contribution in [0.1, 0.15) is 26.1 Å². The first kappa shape index (κ1) is 14.9. The van der Waals surface area contributed by atoms with Crippen molar-refractivity contribution in [2.45, 2.75) is 31.6 Å². The number of rotatable bonds is 3. The molecule has 0 aromatic carbocycles. The Labute approximate surface area is 123 Å². The van der Waals surface area contributed by atoms with E-state index in [1.807, 2.05) is 17.8 Å². The van der Waals surface area contributed by atoms with Crippen molar-refractivity contribution in [3.05, 3.63) is 17.0 Å². The third-order valence-electron chi connectivity index (χ3n) is 3.16. The SMILES string of the molecule is COCc1nc(Cl)cc(N2CCSC(C)(C)CC2)n1. The molecule has 0 amide bonds. The molecule has 1 aromatic heterocycles. The molecule has 106 valence electrons. The molecule has 1 aromatic rings. The second-order valence-corrected chi connectivity index (χ2v) is 7.43. The molecule has 0 spiro atoms. The van der Waals surface area contributed by atoms with E-state index in [1.54, 1.807) is 7.11 Å². The van der Waals surface area contributed by atoms with Gasteiger partial charge in [0.1, 0.15) is 17.6 Å². The van der Waals surface area contributed by atoms with Crippen molar-refractivity contribution in [3.8, 4) is 0 Å². The van der Waals surface area contributed by atoms with Gasteiger partial charge in [-0.3, -0.25) is 0 Å². The molecule has 0 N–H and O–H groups in total. The molecule has 2 heterocycles. The van der Waals surface area contributed by atoms with Crippen LogP contribution in [0.3, 0.4) is 0 Å². The number of aromatic nitrogens is 2. The summed E-state index contributed by atoms with van der Waals surface area (Å²) < 4.78 is 5.41. The molecule has 1 aliphatic heterocycles. The number of hydrogen-bond acceptors (Lipinski definition) is 5. The van der Waals surface area contributed by atoms with Crippen molar-refractivity contribution in [3.63, 3.8) is 0 Å². The predicted molar refractivity (Wildman–Crippen MR) is 81.1 cm³/mol. The first-order valence-corrected chi connectivity index (χ1v) is 7.78. The summed E-state index contributed by atoms with van der Waals surface area (Å²) in [7, 11) is 1.63. The molecule has 0 radical (unpaired) electrons. The van der Waals surface area contributed by atoms with Crippen molar-refractivity contribution in [1.29, 1.82) is 0 Å². The van der Waals surface area contributed by atoms with E-state index in [1.165, 1.54) is 0 Å². The van der Waals surface area contributed by atoms with Crippen LogP contribution < -0.4 is 4.90 Å². The highest BCUT2D eigenvalue weighted by molar-refractivity contribution is 8.00. The van der Waals surface area contributed by atoms with Crippen LogP contribution in [0.15, 0.2) is 6.07 Å². The Morgan fingerprint density at radius 3 is 2.95 bits per heavy atom. The van der Waals surface area contributed by atoms with Crippen LogP contribution in [-0.4, -0.2) is 40.7 Å². The Balaban J connectivity index is 2.16. The van der Waals surface area contributed by atoms with Gasteiger partial charge < -0.3 is 9.64 Å². The number of methoxy groups -OCH3 is 1. The van der Waals surface area contributed by atoms with Gasteiger partial charge in [-0.05, 0) is 6.42 Å². The largest absolute Gasteiger partial charge is 0.377 e. The fourth-order valence-electron chi connectivity index (χ4n) is 2.06. The molecule has 0 saturated carbocycles. The van der Waals surface area contributed by atoms with Gasteiger partial charge in [0.25, 0.3) is 0 Å². The number of anilines is 1. The Kier molecular flexibility index (Phi) is 4.92. The lowest BCUT2D eigenvalue weighted by Gasteiger charge is -2.23. The molecule has 0 atom stereocenters. The second-order valence-electron chi connectivity index (χ2n) is 5.24. The van der Waals surface area contributed by atoms with Crippen LogP contribution in [0, 0.1) is 0 Å². The van der Waals surface area contributed by atoms with E-state index in [0.29, 0.717) is 22.3 Å². The van der Waals surface area contributed by atoms with Gasteiger partial charge in [0, 0.05) is 36.8 Å². The van der Waals surface area contributed by atoms with Crippen LogP contribution in [0.2, 0.25) is 5.15 Å². The number of halogens is 1. The zero-order valence-corrected chi connectivity index (χ0v) is 13.2. The molecule has 1 aliphatic rings. The summed E-state index contributed by atoms with van der Waals surface area (Å²) in [4.78, 5) is 11.0. The lowest BCUT2D eigenvalue weighted by atomic mass is 10.1. The fraction of sp³-hybridized carbons (Fsp3) is 0.692. The van der Waals surface area contributed by atoms with E-state index in [4.69, 9.17) is 16.3 Å². The molecule has 1 saturated heterocycles. The van der Waals surface area contributed by atoms with Crippen molar-refractivity contribution in [2.75, 3.05) is 30.9 Å². The topological polar surface area (TPSA) is 38.2 Å². The maximum absolute atomic E-state index is 6.06. The van der Waals surface area contributed by atoms with Gasteiger partial charge in [-0.25, -0.2) is 9.97 Å². The van der Waals surface area contributed by atoms with E-state index >= 15 is 0 Å². The van der Waals surface area contributed by atoms with Crippen molar-refractivity contribution >= 4 is 29.2 Å². The highest BCUT2D eigenvalue weighted by Crippen LogP contribution is 2.32. The molecular formula is C13H20ClN3OS. The normalized spacial score (nSPS) is 19.3. The van der Waals surface area contributed by atoms with Crippen LogP contribution >= 0.6 is 23.4 Å². The van der Waals surface area contributed by atoms with Crippen molar-refractivity contribution in [2.24, 2.45) is 0 Å². The van der Waals surface area contributed by atoms with E-state index in [-0.39, 0.29) is 0 Å². The Bertz CT molecular complexity index is 442. The fourth-order valence-corrected chi connectivity index (χ4v) is 3.35. The van der Waals surface area contributed by atoms with Crippen molar-refractivity contribution in [1.82, 2.24) is 9.97 Å². The van der Waals surface area contributed by atoms with E-state index in [0.717, 1.165) is 31.1 Å². The minimum Gasteiger partial charge on any atom is -0.377 e. The third kappa shape index (κ3) is 4.23. The molecule has 0 aliphatic carbocycles. The van der Waals surface area contributed by atoms with Gasteiger partial charge in [0.2, 0.25) is 0 Å². The maximum Gasteiger partial charge on any atom is 0.158 e. The smallest absolute Gasteiger partial charge is 0.158 e. The second kappa shape index (κ2) is 6.29. The molecule has 6 heteroatoms. The molecule has 19 heavy (non-hydrogen) atoms. The van der Waals surface area contributed by atoms with Crippen LogP contribution in [-0.2, 0) is 11.3 Å². The minimum atomic E-state index is 0.334. The Hall–Kier alpha value is -0.520. The third-order valence-corrected chi connectivity index (χ3v) is 4.73. The summed E-state index contributed by atoms with van der Waals surface area (Å²) in [5.41, 5.74) is 0. The standard InChI is InChI=1S/C13H20ClN3OS/c1-13(2)4-5-17(6-7-19-13)12-8-10(14)15-11(16-12)9-18-3/h8H,4-7,9H2,1-3H3.